The normalized spacial score (nSPS) is 18.2. The number of aromatic nitrogens is 4. The first-order valence-electron chi connectivity index (χ1n) is 19.0. The zero-order valence-corrected chi connectivity index (χ0v) is 32.7. The fourth-order valence-corrected chi connectivity index (χ4v) is 7.46. The Morgan fingerprint density at radius 1 is 0.519 bits per heavy atom. The van der Waals surface area contributed by atoms with Gasteiger partial charge >= 0.3 is 0 Å². The summed E-state index contributed by atoms with van der Waals surface area (Å²) in [5.74, 6) is 1.56. The zero-order chi connectivity index (χ0) is 38.0. The average Bonchev–Trinajstić information content (AvgIpc) is 3.73. The van der Waals surface area contributed by atoms with Crippen LogP contribution < -0.4 is 9.47 Å². The molecule has 8 nitrogen and oxygen atoms in total. The van der Waals surface area contributed by atoms with Crippen LogP contribution in [0.5, 0.6) is 11.8 Å². The van der Waals surface area contributed by atoms with Crippen molar-refractivity contribution in [2.24, 2.45) is 0 Å². The van der Waals surface area contributed by atoms with E-state index in [4.69, 9.17) is 29.1 Å². The third-order valence-electron chi connectivity index (χ3n) is 9.82. The molecule has 2 unspecified atom stereocenters. The Bertz CT molecular complexity index is 1980. The van der Waals surface area contributed by atoms with Crippen LogP contribution >= 0.6 is 0 Å². The molecule has 0 saturated carbocycles. The Morgan fingerprint density at radius 3 is 1.15 bits per heavy atom. The van der Waals surface area contributed by atoms with Gasteiger partial charge in [-0.3, -0.25) is 0 Å². The van der Waals surface area contributed by atoms with E-state index in [1.54, 1.807) is 0 Å². The smallest absolute Gasteiger partial charge is 0.223 e. The first-order chi connectivity index (χ1) is 25.9. The number of hydrogen-bond acceptors (Lipinski definition) is 6. The van der Waals surface area contributed by atoms with Crippen molar-refractivity contribution in [1.82, 2.24) is 19.6 Å². The molecule has 0 radical (unpaired) electrons. The molecule has 0 saturated heterocycles. The van der Waals surface area contributed by atoms with E-state index < -0.39 is 0 Å². The molecule has 4 aromatic carbocycles. The van der Waals surface area contributed by atoms with Gasteiger partial charge in [0.15, 0.2) is 0 Å². The number of para-hydroxylation sites is 2. The van der Waals surface area contributed by atoms with Gasteiger partial charge in [-0.15, -0.1) is 0 Å². The molecule has 0 N–H and O–H groups in total. The van der Waals surface area contributed by atoms with E-state index in [9.17, 15) is 0 Å². The van der Waals surface area contributed by atoms with Gasteiger partial charge in [-0.05, 0) is 52.0 Å². The topological polar surface area (TPSA) is 72.6 Å². The fourth-order valence-electron chi connectivity index (χ4n) is 7.46. The molecule has 0 amide bonds. The highest BCUT2D eigenvalue weighted by molar-refractivity contribution is 5.70. The minimum atomic E-state index is -0.282. The molecule has 2 aliphatic rings. The van der Waals surface area contributed by atoms with Crippen LogP contribution in [0.2, 0.25) is 0 Å². The van der Waals surface area contributed by atoms with Gasteiger partial charge < -0.3 is 18.9 Å². The maximum atomic E-state index is 6.34. The number of rotatable bonds is 8. The number of ether oxygens (including phenoxy) is 4. The quantitative estimate of drug-likeness (QED) is 0.156. The molecule has 0 aliphatic carbocycles. The molecule has 0 spiro atoms. The maximum absolute atomic E-state index is 6.34. The largest absolute Gasteiger partial charge is 0.447 e. The molecule has 8 rings (SSSR count). The predicted molar refractivity (Wildman–Crippen MR) is 215 cm³/mol. The summed E-state index contributed by atoms with van der Waals surface area (Å²) in [5.41, 5.74) is 8.16. The second-order valence-corrected chi connectivity index (χ2v) is 15.9. The van der Waals surface area contributed by atoms with Gasteiger partial charge in [0.25, 0.3) is 0 Å². The van der Waals surface area contributed by atoms with E-state index in [0.717, 1.165) is 69.6 Å². The van der Waals surface area contributed by atoms with Crippen molar-refractivity contribution < 1.29 is 18.9 Å². The Balaban J connectivity index is 0.000000167. The van der Waals surface area contributed by atoms with Gasteiger partial charge in [-0.1, -0.05) is 125 Å². The van der Waals surface area contributed by atoms with Gasteiger partial charge in [0.05, 0.1) is 23.6 Å². The predicted octanol–water partition coefficient (Wildman–Crippen LogP) is 10.7. The monoisotopic (exact) mass is 724 g/mol. The van der Waals surface area contributed by atoms with Crippen molar-refractivity contribution >= 4 is 0 Å². The van der Waals surface area contributed by atoms with E-state index in [1.165, 1.54) is 0 Å². The molecule has 4 heterocycles. The first-order valence-corrected chi connectivity index (χ1v) is 19.0. The fraction of sp³-hybridized carbons (Fsp3) is 0.348. The van der Waals surface area contributed by atoms with Crippen LogP contribution in [0.15, 0.2) is 121 Å². The summed E-state index contributed by atoms with van der Waals surface area (Å²) >= 11 is 0. The van der Waals surface area contributed by atoms with Gasteiger partial charge in [-0.2, -0.15) is 10.2 Å². The summed E-state index contributed by atoms with van der Waals surface area (Å²) in [6.07, 6.45) is 1.23. The van der Waals surface area contributed by atoms with Crippen molar-refractivity contribution in [3.63, 3.8) is 0 Å². The summed E-state index contributed by atoms with van der Waals surface area (Å²) < 4.78 is 28.6. The number of nitrogens with zero attached hydrogens (tertiary/aromatic N) is 4. The van der Waals surface area contributed by atoms with E-state index in [0.29, 0.717) is 0 Å². The number of fused-ring (bicyclic) bond motifs is 2. The molecule has 280 valence electrons. The molecule has 0 fully saturated rings. The second-order valence-electron chi connectivity index (χ2n) is 15.9. The lowest BCUT2D eigenvalue weighted by Gasteiger charge is -2.36. The van der Waals surface area contributed by atoms with Crippen molar-refractivity contribution in [2.75, 3.05) is 0 Å². The van der Waals surface area contributed by atoms with Crippen molar-refractivity contribution in [3.05, 3.63) is 132 Å². The summed E-state index contributed by atoms with van der Waals surface area (Å²) in [6.45, 7) is 17.1. The molecule has 2 atom stereocenters. The lowest BCUT2D eigenvalue weighted by Crippen LogP contribution is -2.37. The molecule has 8 heteroatoms. The van der Waals surface area contributed by atoms with Crippen LogP contribution in [-0.2, 0) is 20.3 Å². The minimum absolute atomic E-state index is 0.106. The van der Waals surface area contributed by atoms with Crippen LogP contribution in [0.3, 0.4) is 0 Å². The summed E-state index contributed by atoms with van der Waals surface area (Å²) in [4.78, 5) is 0. The molecule has 2 aromatic heterocycles. The van der Waals surface area contributed by atoms with Gasteiger partial charge in [0.2, 0.25) is 24.3 Å². The van der Waals surface area contributed by atoms with Crippen LogP contribution in [0.1, 0.15) is 79.4 Å². The summed E-state index contributed by atoms with van der Waals surface area (Å²) in [5, 5.41) is 9.96. The lowest BCUT2D eigenvalue weighted by molar-refractivity contribution is -0.131. The van der Waals surface area contributed by atoms with Crippen LogP contribution in [0.4, 0.5) is 0 Å². The highest BCUT2D eigenvalue weighted by Gasteiger charge is 2.43. The van der Waals surface area contributed by atoms with E-state index in [-0.39, 0.29) is 35.6 Å². The van der Waals surface area contributed by atoms with Gasteiger partial charge in [0.1, 0.15) is 11.4 Å². The third kappa shape index (κ3) is 7.72. The maximum Gasteiger partial charge on any atom is 0.223 e. The van der Waals surface area contributed by atoms with Crippen molar-refractivity contribution in [2.45, 2.75) is 104 Å². The number of hydrogen-bond donors (Lipinski definition) is 0. The second kappa shape index (κ2) is 15.3. The SMILES string of the molecule is CC(C)OC1CC(C)(C)c2c(-c3ccccc3)nn(-c3ccccc3)c2O1.CC(C)OC1CC(C)(C)c2c(-c3ccccc3)nn(-c3ccccc3)c2O1. The summed E-state index contributed by atoms with van der Waals surface area (Å²) in [6, 6.07) is 40.9. The third-order valence-corrected chi connectivity index (χ3v) is 9.82. The highest BCUT2D eigenvalue weighted by atomic mass is 16.7. The van der Waals surface area contributed by atoms with Gasteiger partial charge in [0, 0.05) is 45.9 Å². The van der Waals surface area contributed by atoms with Crippen LogP contribution in [-0.4, -0.2) is 44.3 Å². The Kier molecular flexibility index (Phi) is 10.5. The zero-order valence-electron chi connectivity index (χ0n) is 32.7. The van der Waals surface area contributed by atoms with Crippen molar-refractivity contribution in [1.29, 1.82) is 0 Å². The lowest BCUT2D eigenvalue weighted by atomic mass is 9.78. The van der Waals surface area contributed by atoms with Crippen LogP contribution in [0.25, 0.3) is 33.9 Å². The molecule has 0 bridgehead atoms. The van der Waals surface area contributed by atoms with E-state index in [1.807, 2.05) is 134 Å². The molecular formula is C46H52N4O4. The van der Waals surface area contributed by atoms with E-state index in [2.05, 4.69) is 52.0 Å². The average molecular weight is 725 g/mol. The summed E-state index contributed by atoms with van der Waals surface area (Å²) in [7, 11) is 0. The number of benzene rings is 4. The highest BCUT2D eigenvalue weighted by Crippen LogP contribution is 2.48. The van der Waals surface area contributed by atoms with E-state index >= 15 is 0 Å². The van der Waals surface area contributed by atoms with Gasteiger partial charge in [-0.25, -0.2) is 9.36 Å². The minimum Gasteiger partial charge on any atom is -0.447 e. The Morgan fingerprint density at radius 2 is 0.833 bits per heavy atom. The van der Waals surface area contributed by atoms with Crippen LogP contribution in [0, 0.1) is 0 Å². The standard InChI is InChI=1S/2C23H26N2O2/c2*1-16(2)26-19-15-23(3,4)20-21(17-11-7-5-8-12-17)24-25(22(20)27-19)18-13-9-6-10-14-18/h2*5-14,16,19H,15H2,1-4H3. The molecular weight excluding hydrogens is 673 g/mol. The molecule has 6 aromatic rings. The molecule has 54 heavy (non-hydrogen) atoms. The Labute approximate surface area is 319 Å². The molecule has 2 aliphatic heterocycles. The first kappa shape index (κ1) is 37.1. The van der Waals surface area contributed by atoms with Crippen molar-refractivity contribution in [3.8, 4) is 45.6 Å². The Hall–Kier alpha value is -5.18.